The molecule has 0 spiro atoms. The van der Waals surface area contributed by atoms with Crippen LogP contribution in [0.2, 0.25) is 0 Å². The first-order valence-corrected chi connectivity index (χ1v) is 14.5. The van der Waals surface area contributed by atoms with E-state index in [0.29, 0.717) is 27.1 Å². The molecule has 33 heavy (non-hydrogen) atoms. The van der Waals surface area contributed by atoms with E-state index in [9.17, 15) is 0 Å². The minimum absolute atomic E-state index is 0.480. The molecule has 0 saturated heterocycles. The fourth-order valence-corrected chi connectivity index (χ4v) is 12.1. The van der Waals surface area contributed by atoms with Crippen molar-refractivity contribution in [2.24, 2.45) is 62.5 Å². The molecule has 0 radical (unpaired) electrons. The minimum Gasteiger partial charge on any atom is -0.271 e. The van der Waals surface area contributed by atoms with Crippen molar-refractivity contribution < 1.29 is 0 Å². The van der Waals surface area contributed by atoms with Crippen LogP contribution < -0.4 is 11.3 Å². The highest BCUT2D eigenvalue weighted by Crippen LogP contribution is 2.77. The van der Waals surface area contributed by atoms with Crippen molar-refractivity contribution in [2.75, 3.05) is 6.54 Å². The predicted octanol–water partition coefficient (Wildman–Crippen LogP) is 7.89. The number of hydrogen-bond donors (Lipinski definition) is 2. The monoisotopic (exact) mass is 454 g/mol. The average molecular weight is 455 g/mol. The molecule has 2 heteroatoms. The highest BCUT2D eigenvalue weighted by Gasteiger charge is 2.70. The second kappa shape index (κ2) is 7.83. The largest absolute Gasteiger partial charge is 0.271 e. The molecule has 5 aliphatic carbocycles. The third kappa shape index (κ3) is 3.18. The Morgan fingerprint density at radius 3 is 2.30 bits per heavy atom. The topological polar surface area (TPSA) is 38.0 Å². The number of hydrazine groups is 1. The van der Waals surface area contributed by atoms with E-state index in [4.69, 9.17) is 5.84 Å². The molecule has 0 aromatic rings. The third-order valence-electron chi connectivity index (χ3n) is 13.8. The maximum atomic E-state index is 5.82. The standard InChI is InChI=1S/C31H54N2/c1-21(2)22-11-16-31(19-20-33-32)18-17-29(6)23(26(22)31)9-10-25-28(5)14-8-13-27(3,4)24(28)12-15-30(25,29)7/h22-26,33H,1,8-20,32H2,2-7H3. The molecule has 9 atom stereocenters. The first kappa shape index (κ1) is 24.4. The van der Waals surface area contributed by atoms with Gasteiger partial charge in [-0.3, -0.25) is 11.3 Å². The van der Waals surface area contributed by atoms with E-state index < -0.39 is 0 Å². The van der Waals surface area contributed by atoms with Gasteiger partial charge in [0, 0.05) is 6.54 Å². The van der Waals surface area contributed by atoms with Gasteiger partial charge in [0.15, 0.2) is 0 Å². The lowest BCUT2D eigenvalue weighted by Crippen LogP contribution is -2.65. The van der Waals surface area contributed by atoms with Gasteiger partial charge in [-0.25, -0.2) is 0 Å². The number of nitrogens with two attached hydrogens (primary N) is 1. The van der Waals surface area contributed by atoms with Crippen LogP contribution in [-0.4, -0.2) is 6.54 Å². The molecular weight excluding hydrogens is 400 g/mol. The zero-order chi connectivity index (χ0) is 23.9. The zero-order valence-electron chi connectivity index (χ0n) is 22.9. The summed E-state index contributed by atoms with van der Waals surface area (Å²) in [6.45, 7) is 21.3. The first-order valence-electron chi connectivity index (χ1n) is 14.5. The van der Waals surface area contributed by atoms with Crippen LogP contribution in [0.3, 0.4) is 0 Å². The van der Waals surface area contributed by atoms with Gasteiger partial charge in [0.05, 0.1) is 0 Å². The Balaban J connectivity index is 1.53. The number of hydrogen-bond acceptors (Lipinski definition) is 2. The molecule has 0 aromatic heterocycles. The molecule has 5 fully saturated rings. The number of rotatable bonds is 4. The van der Waals surface area contributed by atoms with Crippen molar-refractivity contribution in [3.63, 3.8) is 0 Å². The summed E-state index contributed by atoms with van der Waals surface area (Å²) in [4.78, 5) is 0. The van der Waals surface area contributed by atoms with Gasteiger partial charge in [-0.1, -0.05) is 53.2 Å². The number of nitrogens with one attached hydrogen (secondary N) is 1. The molecule has 0 heterocycles. The van der Waals surface area contributed by atoms with Gasteiger partial charge in [0.25, 0.3) is 0 Å². The molecule has 2 nitrogen and oxygen atoms in total. The Labute approximate surface area is 205 Å². The van der Waals surface area contributed by atoms with Crippen LogP contribution in [-0.2, 0) is 0 Å². The maximum absolute atomic E-state index is 5.82. The van der Waals surface area contributed by atoms with Crippen LogP contribution in [0.25, 0.3) is 0 Å². The van der Waals surface area contributed by atoms with E-state index >= 15 is 0 Å². The molecular formula is C31H54N2. The van der Waals surface area contributed by atoms with Crippen LogP contribution in [0.5, 0.6) is 0 Å². The Morgan fingerprint density at radius 1 is 0.848 bits per heavy atom. The highest BCUT2D eigenvalue weighted by molar-refractivity contribution is 5.21. The lowest BCUT2D eigenvalue weighted by Gasteiger charge is -2.72. The molecule has 5 rings (SSSR count). The van der Waals surface area contributed by atoms with Crippen molar-refractivity contribution in [3.8, 4) is 0 Å². The van der Waals surface area contributed by atoms with E-state index in [0.717, 1.165) is 36.1 Å². The summed E-state index contributed by atoms with van der Waals surface area (Å²) in [6, 6.07) is 0. The van der Waals surface area contributed by atoms with Crippen molar-refractivity contribution in [1.29, 1.82) is 0 Å². The molecule has 0 aromatic carbocycles. The van der Waals surface area contributed by atoms with E-state index in [1.165, 1.54) is 82.6 Å². The van der Waals surface area contributed by atoms with Gasteiger partial charge in [-0.05, 0) is 134 Å². The van der Waals surface area contributed by atoms with Gasteiger partial charge in [0.1, 0.15) is 0 Å². The van der Waals surface area contributed by atoms with Gasteiger partial charge in [0.2, 0.25) is 0 Å². The molecule has 0 bridgehead atoms. The predicted molar refractivity (Wildman–Crippen MR) is 140 cm³/mol. The van der Waals surface area contributed by atoms with Gasteiger partial charge in [-0.15, -0.1) is 0 Å². The summed E-state index contributed by atoms with van der Waals surface area (Å²) < 4.78 is 0. The fourth-order valence-electron chi connectivity index (χ4n) is 12.1. The van der Waals surface area contributed by atoms with Crippen molar-refractivity contribution >= 4 is 0 Å². The summed E-state index contributed by atoms with van der Waals surface area (Å²) in [5, 5.41) is 0. The molecule has 5 saturated carbocycles. The summed E-state index contributed by atoms with van der Waals surface area (Å²) in [6.07, 6.45) is 17.1. The quantitative estimate of drug-likeness (QED) is 0.257. The SMILES string of the molecule is C=C(C)C1CCC2(CCNN)CCC3(C)C(CCC4C5(C)CCCC(C)(C)C5CCC43C)C12. The molecule has 0 amide bonds. The highest BCUT2D eigenvalue weighted by atomic mass is 15.2. The van der Waals surface area contributed by atoms with Gasteiger partial charge >= 0.3 is 0 Å². The lowest BCUT2D eigenvalue weighted by molar-refractivity contribution is -0.236. The van der Waals surface area contributed by atoms with Gasteiger partial charge in [-0.2, -0.15) is 0 Å². The second-order valence-electron chi connectivity index (χ2n) is 15.1. The second-order valence-corrected chi connectivity index (χ2v) is 15.1. The number of allylic oxidation sites excluding steroid dienone is 1. The van der Waals surface area contributed by atoms with Crippen molar-refractivity contribution in [2.45, 2.75) is 119 Å². The molecule has 9 unspecified atom stereocenters. The smallest absolute Gasteiger partial charge is 0.0103 e. The van der Waals surface area contributed by atoms with E-state index in [1.807, 2.05) is 0 Å². The summed E-state index contributed by atoms with van der Waals surface area (Å²) in [5.41, 5.74) is 7.03. The number of fused-ring (bicyclic) bond motifs is 7. The summed E-state index contributed by atoms with van der Waals surface area (Å²) in [7, 11) is 0. The van der Waals surface area contributed by atoms with E-state index in [-0.39, 0.29) is 0 Å². The van der Waals surface area contributed by atoms with Crippen LogP contribution in [0.4, 0.5) is 0 Å². The maximum Gasteiger partial charge on any atom is 0.0103 e. The van der Waals surface area contributed by atoms with Crippen molar-refractivity contribution in [1.82, 2.24) is 5.43 Å². The summed E-state index contributed by atoms with van der Waals surface area (Å²) >= 11 is 0. The average Bonchev–Trinajstić information content (AvgIpc) is 3.12. The molecule has 5 aliphatic rings. The van der Waals surface area contributed by atoms with Crippen LogP contribution in [0, 0.1) is 56.7 Å². The minimum atomic E-state index is 0.480. The normalized spacial score (nSPS) is 52.9. The van der Waals surface area contributed by atoms with Crippen molar-refractivity contribution in [3.05, 3.63) is 12.2 Å². The third-order valence-corrected chi connectivity index (χ3v) is 13.8. The Morgan fingerprint density at radius 2 is 1.61 bits per heavy atom. The van der Waals surface area contributed by atoms with E-state index in [2.05, 4.69) is 53.5 Å². The van der Waals surface area contributed by atoms with E-state index in [1.54, 1.807) is 0 Å². The fraction of sp³-hybridized carbons (Fsp3) is 0.935. The lowest BCUT2D eigenvalue weighted by atomic mass is 9.32. The van der Waals surface area contributed by atoms with Crippen LogP contribution in [0.1, 0.15) is 119 Å². The Bertz CT molecular complexity index is 786. The Hall–Kier alpha value is -0.340. The molecule has 0 aliphatic heterocycles. The summed E-state index contributed by atoms with van der Waals surface area (Å²) in [5.74, 6) is 10.1. The molecule has 3 N–H and O–H groups in total. The van der Waals surface area contributed by atoms with Crippen LogP contribution in [0.15, 0.2) is 12.2 Å². The first-order chi connectivity index (χ1) is 15.5. The van der Waals surface area contributed by atoms with Crippen LogP contribution >= 0.6 is 0 Å². The van der Waals surface area contributed by atoms with Gasteiger partial charge < -0.3 is 0 Å². The Kier molecular flexibility index (Phi) is 5.78. The zero-order valence-corrected chi connectivity index (χ0v) is 22.9. The molecule has 188 valence electrons.